The fourth-order valence-electron chi connectivity index (χ4n) is 2.79. The minimum atomic E-state index is -0.583. The van der Waals surface area contributed by atoms with Gasteiger partial charge in [0.15, 0.2) is 5.78 Å². The van der Waals surface area contributed by atoms with E-state index >= 15 is 0 Å². The van der Waals surface area contributed by atoms with Gasteiger partial charge in [-0.1, -0.05) is 31.2 Å². The summed E-state index contributed by atoms with van der Waals surface area (Å²) in [6.45, 7) is 2.65. The predicted molar refractivity (Wildman–Crippen MR) is 85.9 cm³/mol. The van der Waals surface area contributed by atoms with E-state index in [1.54, 1.807) is 36.1 Å². The van der Waals surface area contributed by atoms with Gasteiger partial charge in [-0.05, 0) is 12.8 Å². The maximum atomic E-state index is 12.6. The summed E-state index contributed by atoms with van der Waals surface area (Å²) in [6, 6.07) is 6.69. The molecule has 0 spiro atoms. The third kappa shape index (κ3) is 4.16. The molecule has 1 aliphatic rings. The molecule has 1 fully saturated rings. The van der Waals surface area contributed by atoms with Gasteiger partial charge in [0.1, 0.15) is 5.84 Å². The van der Waals surface area contributed by atoms with Crippen LogP contribution >= 0.6 is 0 Å². The molecule has 2 rings (SSSR count). The van der Waals surface area contributed by atoms with Crippen LogP contribution in [0.3, 0.4) is 0 Å². The Labute approximate surface area is 135 Å². The molecule has 1 aliphatic heterocycles. The second-order valence-electron chi connectivity index (χ2n) is 6.01. The summed E-state index contributed by atoms with van der Waals surface area (Å²) in [6.07, 6.45) is 0.470. The van der Waals surface area contributed by atoms with Gasteiger partial charge in [0.2, 0.25) is 5.91 Å². The largest absolute Gasteiger partial charge is 0.384 e. The molecule has 0 saturated carbocycles. The van der Waals surface area contributed by atoms with Crippen LogP contribution in [-0.2, 0) is 9.90 Å². The summed E-state index contributed by atoms with van der Waals surface area (Å²) in [4.78, 5) is 26.5. The molecular formula is C17H22N3O3. The van der Waals surface area contributed by atoms with E-state index in [0.717, 1.165) is 0 Å². The first kappa shape index (κ1) is 17.1. The van der Waals surface area contributed by atoms with Crippen LogP contribution in [0.25, 0.3) is 0 Å². The van der Waals surface area contributed by atoms with Crippen LogP contribution in [0, 0.1) is 11.3 Å². The zero-order valence-electron chi connectivity index (χ0n) is 13.2. The summed E-state index contributed by atoms with van der Waals surface area (Å²) >= 11 is 0. The van der Waals surface area contributed by atoms with Crippen LogP contribution in [0.4, 0.5) is 0 Å². The molecule has 123 valence electrons. The van der Waals surface area contributed by atoms with Crippen LogP contribution < -0.4 is 5.73 Å². The molecule has 1 heterocycles. The monoisotopic (exact) mass is 316 g/mol. The fourth-order valence-corrected chi connectivity index (χ4v) is 2.79. The molecule has 1 aromatic carbocycles. The number of carbonyl (C=O) groups is 2. The SMILES string of the molecule is CC(CC(=O)N1CCC([O])CC1)C(=O)c1ccccc1C(=N)N. The van der Waals surface area contributed by atoms with E-state index in [1.165, 1.54) is 0 Å². The van der Waals surface area contributed by atoms with E-state index in [-0.39, 0.29) is 23.9 Å². The van der Waals surface area contributed by atoms with Gasteiger partial charge in [-0.25, -0.2) is 5.11 Å². The number of nitrogens with zero attached hydrogens (tertiary/aromatic N) is 1. The molecule has 1 radical (unpaired) electrons. The Morgan fingerprint density at radius 1 is 1.26 bits per heavy atom. The van der Waals surface area contributed by atoms with E-state index < -0.39 is 12.0 Å². The van der Waals surface area contributed by atoms with Crippen molar-refractivity contribution in [2.24, 2.45) is 11.7 Å². The highest BCUT2D eigenvalue weighted by Crippen LogP contribution is 2.19. The average Bonchev–Trinajstić information content (AvgIpc) is 2.54. The number of carbonyl (C=O) groups excluding carboxylic acids is 2. The van der Waals surface area contributed by atoms with E-state index in [1.807, 2.05) is 0 Å². The van der Waals surface area contributed by atoms with Crippen molar-refractivity contribution in [2.45, 2.75) is 32.3 Å². The second kappa shape index (κ2) is 7.37. The van der Waals surface area contributed by atoms with Crippen molar-refractivity contribution in [2.75, 3.05) is 13.1 Å². The van der Waals surface area contributed by atoms with Crippen LogP contribution in [0.5, 0.6) is 0 Å². The van der Waals surface area contributed by atoms with Crippen molar-refractivity contribution in [1.29, 1.82) is 5.41 Å². The third-order valence-electron chi connectivity index (χ3n) is 4.21. The van der Waals surface area contributed by atoms with Gasteiger partial charge in [-0.3, -0.25) is 15.0 Å². The van der Waals surface area contributed by atoms with Crippen LogP contribution in [0.15, 0.2) is 24.3 Å². The molecule has 0 bridgehead atoms. The summed E-state index contributed by atoms with van der Waals surface area (Å²) in [5.74, 6) is -0.945. The lowest BCUT2D eigenvalue weighted by Gasteiger charge is -2.29. The highest BCUT2D eigenvalue weighted by atomic mass is 16.3. The summed E-state index contributed by atoms with van der Waals surface area (Å²) < 4.78 is 0. The van der Waals surface area contributed by atoms with E-state index in [9.17, 15) is 14.7 Å². The minimum absolute atomic E-state index is 0.0990. The molecule has 0 aliphatic carbocycles. The number of ketones is 1. The molecular weight excluding hydrogens is 294 g/mol. The quantitative estimate of drug-likeness (QED) is 0.489. The van der Waals surface area contributed by atoms with Crippen molar-refractivity contribution in [3.8, 4) is 0 Å². The normalized spacial score (nSPS) is 16.9. The molecule has 0 aromatic heterocycles. The minimum Gasteiger partial charge on any atom is -0.384 e. The highest BCUT2D eigenvalue weighted by Gasteiger charge is 2.26. The highest BCUT2D eigenvalue weighted by molar-refractivity contribution is 6.09. The number of benzene rings is 1. The Hall–Kier alpha value is -2.21. The number of amidine groups is 1. The van der Waals surface area contributed by atoms with Crippen molar-refractivity contribution in [3.05, 3.63) is 35.4 Å². The number of rotatable bonds is 5. The van der Waals surface area contributed by atoms with Gasteiger partial charge < -0.3 is 10.6 Å². The van der Waals surface area contributed by atoms with Crippen LogP contribution in [0.1, 0.15) is 42.1 Å². The van der Waals surface area contributed by atoms with Crippen molar-refractivity contribution in [3.63, 3.8) is 0 Å². The first-order valence-electron chi connectivity index (χ1n) is 7.81. The van der Waals surface area contributed by atoms with Gasteiger partial charge >= 0.3 is 0 Å². The second-order valence-corrected chi connectivity index (χ2v) is 6.01. The lowest BCUT2D eigenvalue weighted by Crippen LogP contribution is -2.40. The molecule has 6 heteroatoms. The number of Topliss-reactive ketones (excluding diaryl/α,β-unsaturated/α-hetero) is 1. The first-order chi connectivity index (χ1) is 10.9. The summed E-state index contributed by atoms with van der Waals surface area (Å²) in [5.41, 5.74) is 6.28. The van der Waals surface area contributed by atoms with E-state index in [2.05, 4.69) is 0 Å². The van der Waals surface area contributed by atoms with Gasteiger partial charge in [0.05, 0.1) is 6.10 Å². The lowest BCUT2D eigenvalue weighted by atomic mass is 9.92. The maximum absolute atomic E-state index is 12.6. The number of hydrogen-bond acceptors (Lipinski definition) is 3. The summed E-state index contributed by atoms with van der Waals surface area (Å²) in [7, 11) is 0. The number of nitrogen functional groups attached to an aromatic ring is 1. The fraction of sp³-hybridized carbons (Fsp3) is 0.471. The van der Waals surface area contributed by atoms with Crippen molar-refractivity contribution >= 4 is 17.5 Å². The standard InChI is InChI=1S/C17H22N3O3/c1-11(10-15(22)20-8-6-12(21)7-9-20)16(23)13-4-2-3-5-14(13)17(18)19/h2-5,11-12H,6-10H2,1H3,(H3,18,19). The van der Waals surface area contributed by atoms with Gasteiger partial charge in [-0.15, -0.1) is 0 Å². The number of likely N-dealkylation sites (tertiary alicyclic amines) is 1. The molecule has 1 aromatic rings. The summed E-state index contributed by atoms with van der Waals surface area (Å²) in [5, 5.41) is 18.9. The van der Waals surface area contributed by atoms with E-state index in [4.69, 9.17) is 11.1 Å². The Bertz CT molecular complexity index is 607. The molecule has 1 atom stereocenters. The Balaban J connectivity index is 2.03. The Morgan fingerprint density at radius 2 is 1.83 bits per heavy atom. The molecule has 23 heavy (non-hydrogen) atoms. The topological polar surface area (TPSA) is 107 Å². The predicted octanol–water partition coefficient (Wildman–Crippen LogP) is 1.60. The first-order valence-corrected chi connectivity index (χ1v) is 7.81. The Morgan fingerprint density at radius 3 is 2.39 bits per heavy atom. The van der Waals surface area contributed by atoms with Gasteiger partial charge in [0, 0.05) is 36.6 Å². The van der Waals surface area contributed by atoms with Crippen molar-refractivity contribution < 1.29 is 14.7 Å². The zero-order chi connectivity index (χ0) is 17.0. The smallest absolute Gasteiger partial charge is 0.223 e. The number of hydrogen-bond donors (Lipinski definition) is 2. The number of nitrogens with one attached hydrogen (secondary N) is 1. The zero-order valence-corrected chi connectivity index (χ0v) is 13.2. The van der Waals surface area contributed by atoms with Crippen molar-refractivity contribution in [1.82, 2.24) is 4.90 Å². The van der Waals surface area contributed by atoms with Gasteiger partial charge in [-0.2, -0.15) is 0 Å². The van der Waals surface area contributed by atoms with Gasteiger partial charge in [0.25, 0.3) is 0 Å². The molecule has 3 N–H and O–H groups in total. The molecule has 1 amide bonds. The van der Waals surface area contributed by atoms with E-state index in [0.29, 0.717) is 37.1 Å². The third-order valence-corrected chi connectivity index (χ3v) is 4.21. The Kier molecular flexibility index (Phi) is 5.50. The number of nitrogens with two attached hydrogens (primary N) is 1. The molecule has 1 saturated heterocycles. The van der Waals surface area contributed by atoms with Crippen LogP contribution in [0.2, 0.25) is 0 Å². The van der Waals surface area contributed by atoms with Crippen LogP contribution in [-0.4, -0.2) is 41.6 Å². The molecule has 6 nitrogen and oxygen atoms in total. The maximum Gasteiger partial charge on any atom is 0.223 e. The lowest BCUT2D eigenvalue weighted by molar-refractivity contribution is -0.134. The average molecular weight is 316 g/mol. The number of piperidine rings is 1. The number of amides is 1. The molecule has 1 unspecified atom stereocenters.